The van der Waals surface area contributed by atoms with E-state index >= 15 is 0 Å². The Kier molecular flexibility index (Phi) is 14.5. The normalized spacial score (nSPS) is 21.2. The molecule has 2 aromatic rings. The number of hydrogen-bond donors (Lipinski definition) is 1. The van der Waals surface area contributed by atoms with Crippen LogP contribution in [0.5, 0.6) is 17.2 Å². The standard InChI is InChI=1S/C18H28O3S.C17H20N2O5S2/c1-3-4-5-6-7-8-11-22(19)15(2)12-16-9-10-17-18(13-16)21-14-20-17;1-17(2)13(16(22)23-3)19-14(21)12(15(19)26-17)18-11(20)9-25-24-10-7-5-4-6-8-10/h9-10,13,15H,3-8,11-12,14H2,1-2H3;4-8,12-13,15H,9H2,1-3H3,(H,18,20)/t;12?,13-,15+/m.0/s1. The van der Waals surface area contributed by atoms with E-state index in [0.29, 0.717) is 12.5 Å². The van der Waals surface area contributed by atoms with E-state index in [9.17, 15) is 18.9 Å². The molecule has 264 valence electrons. The highest BCUT2D eigenvalue weighted by atomic mass is 32.2. The molecule has 0 aromatic heterocycles. The average molecular weight is 721 g/mol. The summed E-state index contributed by atoms with van der Waals surface area (Å²) in [6.07, 6.45) is 8.32. The molecule has 3 heterocycles. The number of methoxy groups -OCH3 is 1. The van der Waals surface area contributed by atoms with Gasteiger partial charge in [-0.05, 0) is 63.4 Å². The Hall–Kier alpha value is -2.74. The van der Waals surface area contributed by atoms with Crippen molar-refractivity contribution in [3.63, 3.8) is 0 Å². The molecule has 2 aromatic carbocycles. The molecule has 2 fully saturated rings. The monoisotopic (exact) mass is 720 g/mol. The Morgan fingerprint density at radius 1 is 1.10 bits per heavy atom. The van der Waals surface area contributed by atoms with Gasteiger partial charge in [0, 0.05) is 11.2 Å². The molecule has 0 radical (unpaired) electrons. The van der Waals surface area contributed by atoms with Crippen molar-refractivity contribution in [3.05, 3.63) is 54.1 Å². The molecule has 48 heavy (non-hydrogen) atoms. The maximum Gasteiger partial charge on any atom is 0.330 e. The summed E-state index contributed by atoms with van der Waals surface area (Å²) >= 11 is 1.76. The molecule has 2 saturated heterocycles. The number of benzene rings is 2. The molecule has 0 aliphatic carbocycles. The van der Waals surface area contributed by atoms with E-state index < -0.39 is 34.0 Å². The van der Waals surface area contributed by atoms with Gasteiger partial charge in [-0.1, -0.05) is 68.0 Å². The summed E-state index contributed by atoms with van der Waals surface area (Å²) < 4.78 is 32.8. The fourth-order valence-corrected chi connectivity index (χ4v) is 9.19. The van der Waals surface area contributed by atoms with Crippen molar-refractivity contribution < 1.29 is 37.3 Å². The van der Waals surface area contributed by atoms with E-state index in [0.717, 1.165) is 42.1 Å². The second-order valence-corrected chi connectivity index (χ2v) is 17.0. The molecular formula is C35H48N2O8S3. The lowest BCUT2D eigenvalue weighted by Crippen LogP contribution is -2.70. The van der Waals surface area contributed by atoms with Crippen LogP contribution in [-0.2, 0) is 36.7 Å². The van der Waals surface area contributed by atoms with Crippen LogP contribution < -0.4 is 19.0 Å². The van der Waals surface area contributed by atoms with Crippen LogP contribution in [0.25, 0.3) is 0 Å². The molecule has 0 bridgehead atoms. The Morgan fingerprint density at radius 3 is 2.54 bits per heavy atom. The summed E-state index contributed by atoms with van der Waals surface area (Å²) in [5, 5.41) is 2.67. The number of ether oxygens (including phenoxy) is 3. The first-order valence-corrected chi connectivity index (χ1v) is 19.7. The first kappa shape index (κ1) is 38.1. The summed E-state index contributed by atoms with van der Waals surface area (Å²) in [5.41, 5.74) is 1.17. The summed E-state index contributed by atoms with van der Waals surface area (Å²) in [5.74, 6) is 2.20. The number of rotatable bonds is 16. The van der Waals surface area contributed by atoms with Crippen LogP contribution in [0.2, 0.25) is 0 Å². The number of carbonyl (C=O) groups excluding carboxylic acids is 3. The van der Waals surface area contributed by atoms with Crippen molar-refractivity contribution in [2.24, 2.45) is 0 Å². The Bertz CT molecular complexity index is 1360. The van der Waals surface area contributed by atoms with Gasteiger partial charge in [0.25, 0.3) is 0 Å². The fraction of sp³-hybridized carbons (Fsp3) is 0.571. The molecule has 0 spiro atoms. The van der Waals surface area contributed by atoms with Gasteiger partial charge in [-0.15, -0.1) is 11.8 Å². The van der Waals surface area contributed by atoms with Crippen molar-refractivity contribution in [1.29, 1.82) is 0 Å². The van der Waals surface area contributed by atoms with Crippen molar-refractivity contribution in [3.8, 4) is 17.2 Å². The highest BCUT2D eigenvalue weighted by molar-refractivity contribution is 8.01. The van der Waals surface area contributed by atoms with Crippen molar-refractivity contribution in [2.75, 3.05) is 25.4 Å². The van der Waals surface area contributed by atoms with Crippen LogP contribution in [0.4, 0.5) is 0 Å². The van der Waals surface area contributed by atoms with Gasteiger partial charge >= 0.3 is 5.97 Å². The molecule has 3 unspecified atom stereocenters. The summed E-state index contributed by atoms with van der Waals surface area (Å²) in [4.78, 5) is 38.1. The number of thioether (sulfide) groups is 1. The zero-order valence-corrected chi connectivity index (χ0v) is 30.9. The minimum Gasteiger partial charge on any atom is -0.616 e. The Balaban J connectivity index is 0.000000220. The topological polar surface area (TPSA) is 126 Å². The number of nitrogens with zero attached hydrogens (tertiary/aromatic N) is 1. The maximum absolute atomic E-state index is 12.4. The lowest BCUT2D eigenvalue weighted by molar-refractivity contribution is -0.162. The zero-order chi connectivity index (χ0) is 34.7. The van der Waals surface area contributed by atoms with Crippen LogP contribution in [0, 0.1) is 0 Å². The number of hydrogen-bond acceptors (Lipinski definition) is 10. The molecular weight excluding hydrogens is 673 g/mol. The third-order valence-electron chi connectivity index (χ3n) is 8.38. The van der Waals surface area contributed by atoms with E-state index in [1.807, 2.05) is 50.2 Å². The number of carbonyl (C=O) groups is 3. The number of amides is 2. The number of nitrogens with one attached hydrogen (secondary N) is 1. The third-order valence-corrected chi connectivity index (χ3v) is 12.4. The molecule has 5 atom stereocenters. The Labute approximate surface area is 296 Å². The van der Waals surface area contributed by atoms with Crippen LogP contribution in [0.1, 0.15) is 71.8 Å². The van der Waals surface area contributed by atoms with Gasteiger partial charge in [-0.25, -0.2) is 4.79 Å². The lowest BCUT2D eigenvalue weighted by Gasteiger charge is -2.43. The first-order valence-electron chi connectivity index (χ1n) is 16.5. The second kappa shape index (κ2) is 18.3. The van der Waals surface area contributed by atoms with Gasteiger partial charge in [-0.2, -0.15) is 0 Å². The van der Waals surface area contributed by atoms with E-state index in [4.69, 9.17) is 18.4 Å². The maximum atomic E-state index is 12.4. The highest BCUT2D eigenvalue weighted by Gasteiger charge is 2.64. The predicted molar refractivity (Wildman–Crippen MR) is 192 cm³/mol. The van der Waals surface area contributed by atoms with Crippen molar-refractivity contribution >= 4 is 52.8 Å². The van der Waals surface area contributed by atoms with Crippen LogP contribution in [0.15, 0.2) is 48.5 Å². The van der Waals surface area contributed by atoms with Gasteiger partial charge in [0.05, 0.1) is 19.2 Å². The molecule has 3 aliphatic heterocycles. The van der Waals surface area contributed by atoms with Gasteiger partial charge in [-0.3, -0.25) is 9.59 Å². The number of β-lactam (4-membered cyclic amide) rings is 1. The second-order valence-electron chi connectivity index (χ2n) is 12.5. The minimum atomic E-state index is -0.743. The third kappa shape index (κ3) is 10.1. The summed E-state index contributed by atoms with van der Waals surface area (Å²) in [7, 11) is 1.31. The lowest BCUT2D eigenvalue weighted by atomic mass is 9.96. The van der Waals surface area contributed by atoms with Crippen LogP contribution in [-0.4, -0.2) is 80.1 Å². The number of unbranched alkanes of at least 4 members (excludes halogenated alkanes) is 5. The van der Waals surface area contributed by atoms with E-state index in [-0.39, 0.29) is 28.2 Å². The van der Waals surface area contributed by atoms with E-state index in [1.165, 1.54) is 61.4 Å². The van der Waals surface area contributed by atoms with Crippen LogP contribution in [0.3, 0.4) is 0 Å². The number of esters is 1. The van der Waals surface area contributed by atoms with Crippen molar-refractivity contribution in [1.82, 2.24) is 10.2 Å². The van der Waals surface area contributed by atoms with Gasteiger partial charge in [0.2, 0.25) is 18.6 Å². The molecule has 3 aliphatic rings. The van der Waals surface area contributed by atoms with Gasteiger partial charge in [0.15, 0.2) is 11.5 Å². The van der Waals surface area contributed by atoms with Crippen LogP contribution >= 0.6 is 23.8 Å². The van der Waals surface area contributed by atoms with E-state index in [2.05, 4.69) is 19.2 Å². The minimum absolute atomic E-state index is 0.0693. The van der Waals surface area contributed by atoms with Gasteiger partial charge in [0.1, 0.15) is 40.0 Å². The number of fused-ring (bicyclic) bond motifs is 2. The summed E-state index contributed by atoms with van der Waals surface area (Å²) in [6, 6.07) is 13.9. The SMILES string of the molecule is CCCCCCCC[S+]([O-])C(C)Cc1ccc2c(c1)OCO2.COC(=O)[C@@H]1N2C(=O)C(NC(=O)CSOc3ccccc3)[C@H]2SC1(C)C. The highest BCUT2D eigenvalue weighted by Crippen LogP contribution is 2.51. The number of para-hydroxylation sites is 1. The average Bonchev–Trinajstić information content (AvgIpc) is 3.65. The fourth-order valence-electron chi connectivity index (χ4n) is 5.80. The molecule has 13 heteroatoms. The van der Waals surface area contributed by atoms with E-state index in [1.54, 1.807) is 12.1 Å². The molecule has 1 N–H and O–H groups in total. The van der Waals surface area contributed by atoms with Crippen molar-refractivity contribution in [2.45, 2.75) is 100 Å². The predicted octanol–water partition coefficient (Wildman–Crippen LogP) is 5.89. The summed E-state index contributed by atoms with van der Waals surface area (Å²) in [6.45, 7) is 8.41. The molecule has 2 amide bonds. The Morgan fingerprint density at radius 2 is 1.81 bits per heavy atom. The molecule has 10 nitrogen and oxygen atoms in total. The molecule has 0 saturated carbocycles. The quantitative estimate of drug-likeness (QED) is 0.0738. The largest absolute Gasteiger partial charge is 0.616 e. The molecule has 5 rings (SSSR count). The van der Waals surface area contributed by atoms with Gasteiger partial charge < -0.3 is 33.2 Å². The smallest absolute Gasteiger partial charge is 0.330 e. The zero-order valence-electron chi connectivity index (χ0n) is 28.4. The first-order chi connectivity index (χ1) is 23.1.